The number of halogens is 2. The number of pyridine rings is 1. The molecule has 3 heterocycles. The molecule has 216 valence electrons. The molecule has 0 spiro atoms. The van der Waals surface area contributed by atoms with Crippen molar-refractivity contribution in [2.75, 3.05) is 31.6 Å². The number of piperazine rings is 1. The molecule has 3 aromatic rings. The largest absolute Gasteiger partial charge is 0.507 e. The molecule has 2 aliphatic heterocycles. The van der Waals surface area contributed by atoms with Crippen LogP contribution in [0, 0.1) is 5.82 Å². The van der Waals surface area contributed by atoms with Crippen molar-refractivity contribution in [1.82, 2.24) is 14.8 Å². The van der Waals surface area contributed by atoms with Gasteiger partial charge in [-0.1, -0.05) is 48.0 Å². The number of benzene rings is 2. The van der Waals surface area contributed by atoms with Crippen LogP contribution in [0.15, 0.2) is 48.5 Å². The van der Waals surface area contributed by atoms with Crippen molar-refractivity contribution >= 4 is 29.4 Å². The number of phenolic OH excluding ortho intramolecular Hbond substituents is 1. The van der Waals surface area contributed by atoms with E-state index in [1.54, 1.807) is 30.6 Å². The highest BCUT2D eigenvalue weighted by atomic mass is 35.5. The average Bonchev–Trinajstić information content (AvgIpc) is 3.07. The van der Waals surface area contributed by atoms with Gasteiger partial charge in [0.25, 0.3) is 5.91 Å². The van der Waals surface area contributed by atoms with E-state index in [0.29, 0.717) is 0 Å². The summed E-state index contributed by atoms with van der Waals surface area (Å²) in [5.41, 5.74) is 0.103. The van der Waals surface area contributed by atoms with Crippen molar-refractivity contribution in [3.05, 3.63) is 70.5 Å². The van der Waals surface area contributed by atoms with Gasteiger partial charge in [-0.25, -0.2) is 14.2 Å². The molecule has 2 atom stereocenters. The lowest BCUT2D eigenvalue weighted by molar-refractivity contribution is 0.000957. The van der Waals surface area contributed by atoms with E-state index in [1.807, 2.05) is 37.3 Å². The summed E-state index contributed by atoms with van der Waals surface area (Å²) in [6.45, 7) is 8.03. The Morgan fingerprint density at radius 1 is 1.17 bits per heavy atom. The SMILES string of the molecule is C[C@H](Nc1nc(-c2c(O)cccc2F)c(Cl)c2c1C(=O)N1CCN(C(=O)OC(C)(C)C)C[C@@H]1CO2)c1ccccc1. The van der Waals surface area contributed by atoms with Crippen LogP contribution in [0.2, 0.25) is 5.02 Å². The van der Waals surface area contributed by atoms with Crippen LogP contribution in [0.25, 0.3) is 11.3 Å². The molecule has 1 aromatic heterocycles. The van der Waals surface area contributed by atoms with Gasteiger partial charge in [0.15, 0.2) is 5.75 Å². The minimum atomic E-state index is -0.730. The lowest BCUT2D eigenvalue weighted by Gasteiger charge is -2.40. The summed E-state index contributed by atoms with van der Waals surface area (Å²) in [6, 6.07) is 12.7. The van der Waals surface area contributed by atoms with Crippen LogP contribution in [-0.2, 0) is 4.74 Å². The van der Waals surface area contributed by atoms with Crippen molar-refractivity contribution < 1.29 is 28.6 Å². The predicted octanol–water partition coefficient (Wildman–Crippen LogP) is 5.87. The van der Waals surface area contributed by atoms with Gasteiger partial charge < -0.3 is 29.7 Å². The molecule has 1 fully saturated rings. The molecule has 0 aliphatic carbocycles. The smallest absolute Gasteiger partial charge is 0.410 e. The van der Waals surface area contributed by atoms with Crippen LogP contribution in [0.4, 0.5) is 15.0 Å². The maximum atomic E-state index is 15.0. The summed E-state index contributed by atoms with van der Waals surface area (Å²) in [6.07, 6.45) is -0.470. The van der Waals surface area contributed by atoms with Gasteiger partial charge in [0.1, 0.15) is 45.9 Å². The molecule has 0 unspecified atom stereocenters. The zero-order valence-electron chi connectivity index (χ0n) is 23.3. The second kappa shape index (κ2) is 11.1. The molecule has 0 bridgehead atoms. The van der Waals surface area contributed by atoms with Gasteiger partial charge in [-0.3, -0.25) is 4.79 Å². The summed E-state index contributed by atoms with van der Waals surface area (Å²) >= 11 is 6.77. The van der Waals surface area contributed by atoms with Crippen molar-refractivity contribution in [1.29, 1.82) is 0 Å². The fourth-order valence-corrected chi connectivity index (χ4v) is 5.29. The fourth-order valence-electron chi connectivity index (χ4n) is 5.00. The van der Waals surface area contributed by atoms with Gasteiger partial charge in [-0.15, -0.1) is 0 Å². The van der Waals surface area contributed by atoms with E-state index in [1.165, 1.54) is 18.2 Å². The molecule has 0 saturated carbocycles. The van der Waals surface area contributed by atoms with E-state index in [4.69, 9.17) is 21.1 Å². The first-order valence-electron chi connectivity index (χ1n) is 13.4. The summed E-state index contributed by atoms with van der Waals surface area (Å²) in [4.78, 5) is 34.7. The molecule has 9 nitrogen and oxygen atoms in total. The molecule has 11 heteroatoms. The molecule has 2 N–H and O–H groups in total. The lowest BCUT2D eigenvalue weighted by Crippen LogP contribution is -2.58. The first-order chi connectivity index (χ1) is 19.4. The van der Waals surface area contributed by atoms with Crippen molar-refractivity contribution in [3.63, 3.8) is 0 Å². The van der Waals surface area contributed by atoms with Crippen molar-refractivity contribution in [3.8, 4) is 22.8 Å². The number of ether oxygens (including phenoxy) is 2. The highest BCUT2D eigenvalue weighted by Crippen LogP contribution is 2.45. The third-order valence-electron chi connectivity index (χ3n) is 7.01. The molecule has 2 amide bonds. The number of anilines is 1. The van der Waals surface area contributed by atoms with Gasteiger partial charge >= 0.3 is 6.09 Å². The molecule has 0 radical (unpaired) electrons. The summed E-state index contributed by atoms with van der Waals surface area (Å²) in [7, 11) is 0. The van der Waals surface area contributed by atoms with Crippen LogP contribution in [0.5, 0.6) is 11.5 Å². The Balaban J connectivity index is 1.57. The highest BCUT2D eigenvalue weighted by Gasteiger charge is 2.41. The Hall–Kier alpha value is -4.05. The van der Waals surface area contributed by atoms with Crippen LogP contribution in [-0.4, -0.2) is 69.8 Å². The standard InChI is InChI=1S/C30H32ClFN4O5/c1-17(18-9-6-5-7-10-18)33-27-23-26(24(31)25(34-27)22-20(32)11-8-12-21(22)37)40-16-19-15-35(13-14-36(19)28(23)38)29(39)41-30(2,3)4/h5-12,17,19,37H,13-16H2,1-4H3,(H,33,34)/t17-,19+/m0/s1. The number of aromatic nitrogens is 1. The Bertz CT molecular complexity index is 1460. The number of phenols is 1. The monoisotopic (exact) mass is 582 g/mol. The number of nitrogens with zero attached hydrogens (tertiary/aromatic N) is 3. The van der Waals surface area contributed by atoms with E-state index < -0.39 is 23.6 Å². The average molecular weight is 583 g/mol. The first kappa shape index (κ1) is 28.5. The molecule has 2 aromatic carbocycles. The maximum absolute atomic E-state index is 15.0. The minimum Gasteiger partial charge on any atom is -0.507 e. The second-order valence-electron chi connectivity index (χ2n) is 11.1. The topological polar surface area (TPSA) is 104 Å². The summed E-state index contributed by atoms with van der Waals surface area (Å²) in [5, 5.41) is 13.7. The number of rotatable bonds is 4. The second-order valence-corrected chi connectivity index (χ2v) is 11.5. The number of carbonyl (C=O) groups excluding carboxylic acids is 2. The Labute approximate surface area is 242 Å². The number of carbonyl (C=O) groups is 2. The van der Waals surface area contributed by atoms with Gasteiger partial charge in [0, 0.05) is 25.7 Å². The fraction of sp³-hybridized carbons (Fsp3) is 0.367. The Kier molecular flexibility index (Phi) is 7.70. The molecular weight excluding hydrogens is 551 g/mol. The number of hydrogen-bond donors (Lipinski definition) is 2. The molecule has 1 saturated heterocycles. The predicted molar refractivity (Wildman–Crippen MR) is 153 cm³/mol. The van der Waals surface area contributed by atoms with Crippen LogP contribution >= 0.6 is 11.6 Å². The Morgan fingerprint density at radius 2 is 1.90 bits per heavy atom. The van der Waals surface area contributed by atoms with Gasteiger partial charge in [-0.05, 0) is 45.4 Å². The number of aromatic hydroxyl groups is 1. The molecule has 2 aliphatic rings. The number of amides is 2. The number of hydrogen-bond acceptors (Lipinski definition) is 7. The van der Waals surface area contributed by atoms with Gasteiger partial charge in [-0.2, -0.15) is 0 Å². The number of fused-ring (bicyclic) bond motifs is 2. The zero-order valence-corrected chi connectivity index (χ0v) is 24.0. The minimum absolute atomic E-state index is 0.0259. The van der Waals surface area contributed by atoms with Crippen molar-refractivity contribution in [2.24, 2.45) is 0 Å². The van der Waals surface area contributed by atoms with Crippen LogP contribution in [0.3, 0.4) is 0 Å². The molecular formula is C30H32ClFN4O5. The van der Waals surface area contributed by atoms with E-state index in [2.05, 4.69) is 10.3 Å². The summed E-state index contributed by atoms with van der Waals surface area (Å²) in [5.74, 6) is -1.30. The third kappa shape index (κ3) is 5.74. The van der Waals surface area contributed by atoms with E-state index in [0.717, 1.165) is 5.56 Å². The molecule has 41 heavy (non-hydrogen) atoms. The van der Waals surface area contributed by atoms with Crippen LogP contribution in [0.1, 0.15) is 49.7 Å². The maximum Gasteiger partial charge on any atom is 0.410 e. The van der Waals surface area contributed by atoms with Crippen LogP contribution < -0.4 is 10.1 Å². The zero-order chi connectivity index (χ0) is 29.5. The summed E-state index contributed by atoms with van der Waals surface area (Å²) < 4.78 is 26.7. The van der Waals surface area contributed by atoms with Crippen molar-refractivity contribution in [2.45, 2.75) is 45.4 Å². The van der Waals surface area contributed by atoms with Gasteiger partial charge in [0.2, 0.25) is 0 Å². The first-order valence-corrected chi connectivity index (χ1v) is 13.8. The van der Waals surface area contributed by atoms with Gasteiger partial charge in [0.05, 0.1) is 11.6 Å². The third-order valence-corrected chi connectivity index (χ3v) is 7.36. The van der Waals surface area contributed by atoms with E-state index in [-0.39, 0.29) is 77.4 Å². The highest BCUT2D eigenvalue weighted by molar-refractivity contribution is 6.35. The Morgan fingerprint density at radius 3 is 2.59 bits per heavy atom. The van der Waals surface area contributed by atoms with E-state index >= 15 is 0 Å². The lowest BCUT2D eigenvalue weighted by atomic mass is 10.0. The number of nitrogens with one attached hydrogen (secondary N) is 1. The van der Waals surface area contributed by atoms with E-state index in [9.17, 15) is 19.1 Å². The molecule has 5 rings (SSSR count). The normalized spacial score (nSPS) is 17.6. The quantitative estimate of drug-likeness (QED) is 0.396.